The van der Waals surface area contributed by atoms with Crippen LogP contribution in [0.2, 0.25) is 0 Å². The van der Waals surface area contributed by atoms with Crippen molar-refractivity contribution in [1.82, 2.24) is 15.5 Å². The molecular formula is C20H27N3O3. The van der Waals surface area contributed by atoms with Crippen molar-refractivity contribution < 1.29 is 14.4 Å². The van der Waals surface area contributed by atoms with Crippen LogP contribution in [0, 0.1) is 5.92 Å². The number of carbonyl (C=O) groups excluding carboxylic acids is 3. The molecule has 1 aromatic carbocycles. The predicted molar refractivity (Wildman–Crippen MR) is 98.2 cm³/mol. The molecule has 0 bridgehead atoms. The maximum Gasteiger partial charge on any atom is 0.325 e. The first kappa shape index (κ1) is 18.4. The molecule has 1 aliphatic heterocycles. The highest BCUT2D eigenvalue weighted by molar-refractivity contribution is 6.09. The van der Waals surface area contributed by atoms with Crippen LogP contribution < -0.4 is 10.6 Å². The average molecular weight is 357 g/mol. The van der Waals surface area contributed by atoms with Crippen LogP contribution in [0.3, 0.4) is 0 Å². The van der Waals surface area contributed by atoms with E-state index in [1.165, 1.54) is 0 Å². The zero-order valence-corrected chi connectivity index (χ0v) is 15.5. The standard InChI is InChI=1S/C20H27N3O3/c1-14(2)12-16(15-8-4-3-5-9-15)21-17(24)13-23-18(25)20(22-19(23)26)10-6-7-11-20/h3-5,8-9,14,16H,6-7,10-13H2,1-2H3,(H,21,24)(H,22,26)/t16-/m0/s1. The smallest absolute Gasteiger partial charge is 0.325 e. The second kappa shape index (κ2) is 7.48. The van der Waals surface area contributed by atoms with Gasteiger partial charge in [0, 0.05) is 0 Å². The van der Waals surface area contributed by atoms with E-state index in [-0.39, 0.29) is 24.4 Å². The van der Waals surface area contributed by atoms with Crippen LogP contribution in [0.5, 0.6) is 0 Å². The summed E-state index contributed by atoms with van der Waals surface area (Å²) in [7, 11) is 0. The third kappa shape index (κ3) is 3.74. The lowest BCUT2D eigenvalue weighted by atomic mass is 9.97. The number of benzene rings is 1. The van der Waals surface area contributed by atoms with Gasteiger partial charge in [0.2, 0.25) is 5.91 Å². The molecule has 1 heterocycles. The number of hydrogen-bond donors (Lipinski definition) is 2. The van der Waals surface area contributed by atoms with Gasteiger partial charge in [-0.3, -0.25) is 14.5 Å². The molecule has 2 fully saturated rings. The van der Waals surface area contributed by atoms with Crippen molar-refractivity contribution in [2.45, 2.75) is 57.5 Å². The zero-order chi connectivity index (χ0) is 18.7. The molecular weight excluding hydrogens is 330 g/mol. The van der Waals surface area contributed by atoms with Crippen molar-refractivity contribution in [3.05, 3.63) is 35.9 Å². The fraction of sp³-hybridized carbons (Fsp3) is 0.550. The Kier molecular flexibility index (Phi) is 5.30. The highest BCUT2D eigenvalue weighted by Crippen LogP contribution is 2.35. The van der Waals surface area contributed by atoms with Gasteiger partial charge in [-0.05, 0) is 30.7 Å². The molecule has 6 heteroatoms. The summed E-state index contributed by atoms with van der Waals surface area (Å²) in [5.41, 5.74) is 0.257. The maximum atomic E-state index is 12.7. The summed E-state index contributed by atoms with van der Waals surface area (Å²) < 4.78 is 0. The van der Waals surface area contributed by atoms with E-state index >= 15 is 0 Å². The highest BCUT2D eigenvalue weighted by atomic mass is 16.2. The lowest BCUT2D eigenvalue weighted by Gasteiger charge is -2.23. The third-order valence-electron chi connectivity index (χ3n) is 5.25. The minimum Gasteiger partial charge on any atom is -0.348 e. The molecule has 6 nitrogen and oxygen atoms in total. The molecule has 1 spiro atoms. The van der Waals surface area contributed by atoms with Gasteiger partial charge in [0.25, 0.3) is 5.91 Å². The Labute approximate surface area is 154 Å². The SMILES string of the molecule is CC(C)C[C@H](NC(=O)CN1C(=O)NC2(CCCC2)C1=O)c1ccccc1. The number of rotatable bonds is 6. The van der Waals surface area contributed by atoms with Gasteiger partial charge < -0.3 is 10.6 Å². The van der Waals surface area contributed by atoms with Crippen molar-refractivity contribution in [2.75, 3.05) is 6.54 Å². The Balaban J connectivity index is 1.67. The number of nitrogens with one attached hydrogen (secondary N) is 2. The molecule has 140 valence electrons. The van der Waals surface area contributed by atoms with E-state index in [1.807, 2.05) is 30.3 Å². The van der Waals surface area contributed by atoms with Crippen LogP contribution in [0.1, 0.15) is 57.6 Å². The summed E-state index contributed by atoms with van der Waals surface area (Å²) in [5, 5.41) is 5.81. The van der Waals surface area contributed by atoms with Crippen LogP contribution in [-0.4, -0.2) is 34.8 Å². The molecule has 0 aromatic heterocycles. The van der Waals surface area contributed by atoms with Gasteiger partial charge in [-0.2, -0.15) is 0 Å². The van der Waals surface area contributed by atoms with Gasteiger partial charge >= 0.3 is 6.03 Å². The van der Waals surface area contributed by atoms with Crippen molar-refractivity contribution in [2.24, 2.45) is 5.92 Å². The summed E-state index contributed by atoms with van der Waals surface area (Å²) in [6, 6.07) is 9.19. The van der Waals surface area contributed by atoms with Crippen LogP contribution >= 0.6 is 0 Å². The Morgan fingerprint density at radius 1 is 1.19 bits per heavy atom. The second-order valence-corrected chi connectivity index (χ2v) is 7.77. The van der Waals surface area contributed by atoms with E-state index in [2.05, 4.69) is 24.5 Å². The van der Waals surface area contributed by atoms with Crippen molar-refractivity contribution in [1.29, 1.82) is 0 Å². The molecule has 1 atom stereocenters. The molecule has 0 unspecified atom stereocenters. The van der Waals surface area contributed by atoms with Crippen LogP contribution in [0.4, 0.5) is 4.79 Å². The van der Waals surface area contributed by atoms with Crippen molar-refractivity contribution in [3.8, 4) is 0 Å². The number of carbonyl (C=O) groups is 3. The first-order valence-corrected chi connectivity index (χ1v) is 9.40. The van der Waals surface area contributed by atoms with Crippen LogP contribution in [0.25, 0.3) is 0 Å². The average Bonchev–Trinajstić information content (AvgIpc) is 3.16. The Morgan fingerprint density at radius 2 is 1.85 bits per heavy atom. The quantitative estimate of drug-likeness (QED) is 0.769. The van der Waals surface area contributed by atoms with Gasteiger partial charge in [0.15, 0.2) is 0 Å². The zero-order valence-electron chi connectivity index (χ0n) is 15.5. The molecule has 1 aliphatic carbocycles. The van der Waals surface area contributed by atoms with Gasteiger partial charge in [-0.15, -0.1) is 0 Å². The van der Waals surface area contributed by atoms with Crippen LogP contribution in [0.15, 0.2) is 30.3 Å². The lowest BCUT2D eigenvalue weighted by Crippen LogP contribution is -2.45. The van der Waals surface area contributed by atoms with Crippen molar-refractivity contribution in [3.63, 3.8) is 0 Å². The van der Waals surface area contributed by atoms with Crippen LogP contribution in [-0.2, 0) is 9.59 Å². The first-order chi connectivity index (χ1) is 12.4. The van der Waals surface area contributed by atoms with Gasteiger partial charge in [0.05, 0.1) is 6.04 Å². The second-order valence-electron chi connectivity index (χ2n) is 7.77. The normalized spacial score (nSPS) is 19.9. The number of hydrogen-bond acceptors (Lipinski definition) is 3. The fourth-order valence-electron chi connectivity index (χ4n) is 3.96. The molecule has 1 saturated carbocycles. The van der Waals surface area contributed by atoms with E-state index in [1.54, 1.807) is 0 Å². The van der Waals surface area contributed by atoms with E-state index in [4.69, 9.17) is 0 Å². The van der Waals surface area contributed by atoms with E-state index in [9.17, 15) is 14.4 Å². The van der Waals surface area contributed by atoms with Crippen molar-refractivity contribution >= 4 is 17.8 Å². The monoisotopic (exact) mass is 357 g/mol. The molecule has 2 aliphatic rings. The topological polar surface area (TPSA) is 78.5 Å². The molecule has 1 aromatic rings. The molecule has 0 radical (unpaired) electrons. The number of urea groups is 1. The molecule has 3 rings (SSSR count). The highest BCUT2D eigenvalue weighted by Gasteiger charge is 2.52. The first-order valence-electron chi connectivity index (χ1n) is 9.40. The summed E-state index contributed by atoms with van der Waals surface area (Å²) in [6.07, 6.45) is 3.97. The van der Waals surface area contributed by atoms with Gasteiger partial charge in [0.1, 0.15) is 12.1 Å². The Hall–Kier alpha value is -2.37. The van der Waals surface area contributed by atoms with E-state index < -0.39 is 11.6 Å². The largest absolute Gasteiger partial charge is 0.348 e. The number of amides is 4. The molecule has 4 amide bonds. The molecule has 26 heavy (non-hydrogen) atoms. The Morgan fingerprint density at radius 3 is 2.46 bits per heavy atom. The summed E-state index contributed by atoms with van der Waals surface area (Å²) in [5.74, 6) is -0.160. The summed E-state index contributed by atoms with van der Waals surface area (Å²) in [6.45, 7) is 3.97. The van der Waals surface area contributed by atoms with Gasteiger partial charge in [-0.25, -0.2) is 4.79 Å². The molecule has 2 N–H and O–H groups in total. The minimum atomic E-state index is -0.770. The summed E-state index contributed by atoms with van der Waals surface area (Å²) in [4.78, 5) is 38.5. The summed E-state index contributed by atoms with van der Waals surface area (Å²) >= 11 is 0. The van der Waals surface area contributed by atoms with E-state index in [0.29, 0.717) is 18.8 Å². The van der Waals surface area contributed by atoms with E-state index in [0.717, 1.165) is 29.7 Å². The minimum absolute atomic E-state index is 0.134. The third-order valence-corrected chi connectivity index (χ3v) is 5.25. The molecule has 1 saturated heterocycles. The number of nitrogens with zero attached hydrogens (tertiary/aromatic N) is 1. The predicted octanol–water partition coefficient (Wildman–Crippen LogP) is 2.75. The van der Waals surface area contributed by atoms with Gasteiger partial charge in [-0.1, -0.05) is 57.0 Å². The maximum absolute atomic E-state index is 12.7. The number of imide groups is 1. The Bertz CT molecular complexity index is 681. The lowest BCUT2D eigenvalue weighted by molar-refractivity contribution is -0.135. The fourth-order valence-corrected chi connectivity index (χ4v) is 3.96.